The molecular weight excluding hydrogens is 259 g/mol. The second kappa shape index (κ2) is 7.47. The third kappa shape index (κ3) is 7.81. The first-order valence-electron chi connectivity index (χ1n) is 5.92. The summed E-state index contributed by atoms with van der Waals surface area (Å²) in [6.07, 6.45) is -5.18. The summed E-state index contributed by atoms with van der Waals surface area (Å²) in [4.78, 5) is 1.02. The molecule has 1 rings (SSSR count). The molecule has 1 N–H and O–H groups in total. The number of alkyl halides is 3. The summed E-state index contributed by atoms with van der Waals surface area (Å²) in [5.74, 6) is 0. The summed E-state index contributed by atoms with van der Waals surface area (Å²) < 4.78 is 41.5. The van der Waals surface area contributed by atoms with Crippen molar-refractivity contribution in [2.24, 2.45) is 0 Å². The summed E-state index contributed by atoms with van der Waals surface area (Å²) in [6, 6.07) is 9.37. The number of benzene rings is 1. The van der Waals surface area contributed by atoms with E-state index in [0.29, 0.717) is 6.61 Å². The average Bonchev–Trinajstić information content (AvgIpc) is 2.27. The molecule has 19 heavy (non-hydrogen) atoms. The zero-order valence-corrected chi connectivity index (χ0v) is 10.7. The lowest BCUT2D eigenvalue weighted by Gasteiger charge is -2.21. The van der Waals surface area contributed by atoms with Crippen molar-refractivity contribution in [1.29, 1.82) is 0 Å². The van der Waals surface area contributed by atoms with Gasteiger partial charge in [-0.2, -0.15) is 13.2 Å². The van der Waals surface area contributed by atoms with E-state index in [1.165, 1.54) is 7.05 Å². The summed E-state index contributed by atoms with van der Waals surface area (Å²) in [6.45, 7) is -0.769. The molecule has 1 aromatic carbocycles. The standard InChI is InChI=1S/C13H18F3NO2/c1-17(10-13(14,15)16)7-12(18)9-19-8-11-5-3-2-4-6-11/h2-6,12,18H,7-10H2,1H3/t12-/m0/s1. The smallest absolute Gasteiger partial charge is 0.389 e. The number of aliphatic hydroxyl groups is 1. The fourth-order valence-corrected chi connectivity index (χ4v) is 1.67. The van der Waals surface area contributed by atoms with Crippen molar-refractivity contribution in [2.45, 2.75) is 18.9 Å². The molecule has 0 spiro atoms. The van der Waals surface area contributed by atoms with E-state index >= 15 is 0 Å². The molecule has 108 valence electrons. The largest absolute Gasteiger partial charge is 0.401 e. The molecule has 0 saturated carbocycles. The zero-order chi connectivity index (χ0) is 14.3. The minimum atomic E-state index is -4.25. The quantitative estimate of drug-likeness (QED) is 0.828. The predicted molar refractivity (Wildman–Crippen MR) is 65.7 cm³/mol. The van der Waals surface area contributed by atoms with Gasteiger partial charge in [-0.1, -0.05) is 30.3 Å². The summed E-state index contributed by atoms with van der Waals surface area (Å²) in [5.41, 5.74) is 0.957. The van der Waals surface area contributed by atoms with E-state index < -0.39 is 18.8 Å². The van der Waals surface area contributed by atoms with Gasteiger partial charge in [0.05, 0.1) is 25.9 Å². The molecule has 1 atom stereocenters. The van der Waals surface area contributed by atoms with Gasteiger partial charge < -0.3 is 9.84 Å². The third-order valence-corrected chi connectivity index (χ3v) is 2.39. The van der Waals surface area contributed by atoms with Crippen LogP contribution in [0.15, 0.2) is 30.3 Å². The minimum Gasteiger partial charge on any atom is -0.389 e. The van der Waals surface area contributed by atoms with Gasteiger partial charge in [0.15, 0.2) is 0 Å². The molecular formula is C13H18F3NO2. The van der Waals surface area contributed by atoms with Gasteiger partial charge in [0.2, 0.25) is 0 Å². The van der Waals surface area contributed by atoms with E-state index in [2.05, 4.69) is 0 Å². The Morgan fingerprint density at radius 3 is 2.47 bits per heavy atom. The first kappa shape index (κ1) is 15.9. The summed E-state index contributed by atoms with van der Waals surface area (Å²) >= 11 is 0. The van der Waals surface area contributed by atoms with Crippen molar-refractivity contribution in [1.82, 2.24) is 4.90 Å². The van der Waals surface area contributed by atoms with Crippen LogP contribution in [0.2, 0.25) is 0 Å². The van der Waals surface area contributed by atoms with E-state index in [9.17, 15) is 18.3 Å². The molecule has 0 amide bonds. The van der Waals surface area contributed by atoms with E-state index in [4.69, 9.17) is 4.74 Å². The highest BCUT2D eigenvalue weighted by atomic mass is 19.4. The van der Waals surface area contributed by atoms with Gasteiger partial charge in [-0.15, -0.1) is 0 Å². The minimum absolute atomic E-state index is 0.0110. The van der Waals surface area contributed by atoms with E-state index in [1.807, 2.05) is 30.3 Å². The number of hydrogen-bond donors (Lipinski definition) is 1. The van der Waals surface area contributed by atoms with Crippen molar-refractivity contribution in [3.63, 3.8) is 0 Å². The normalized spacial score (nSPS) is 13.8. The van der Waals surface area contributed by atoms with Crippen molar-refractivity contribution in [3.8, 4) is 0 Å². The van der Waals surface area contributed by atoms with Crippen LogP contribution >= 0.6 is 0 Å². The maximum Gasteiger partial charge on any atom is 0.401 e. The summed E-state index contributed by atoms with van der Waals surface area (Å²) in [7, 11) is 1.31. The lowest BCUT2D eigenvalue weighted by Crippen LogP contribution is -2.38. The molecule has 0 saturated heterocycles. The molecule has 1 aromatic rings. The van der Waals surface area contributed by atoms with Gasteiger partial charge in [-0.3, -0.25) is 4.90 Å². The van der Waals surface area contributed by atoms with Crippen LogP contribution in [0.25, 0.3) is 0 Å². The maximum atomic E-state index is 12.1. The fraction of sp³-hybridized carbons (Fsp3) is 0.538. The Labute approximate surface area is 110 Å². The Kier molecular flexibility index (Phi) is 6.27. The van der Waals surface area contributed by atoms with Crippen molar-refractivity contribution < 1.29 is 23.0 Å². The monoisotopic (exact) mass is 277 g/mol. The Morgan fingerprint density at radius 2 is 1.89 bits per heavy atom. The fourth-order valence-electron chi connectivity index (χ4n) is 1.67. The molecule has 0 bridgehead atoms. The number of nitrogens with zero attached hydrogens (tertiary/aromatic N) is 1. The SMILES string of the molecule is CN(C[C@H](O)COCc1ccccc1)CC(F)(F)F. The number of hydrogen-bond acceptors (Lipinski definition) is 3. The molecule has 0 fully saturated rings. The van der Waals surface area contributed by atoms with Gasteiger partial charge in [0, 0.05) is 6.54 Å². The second-order valence-corrected chi connectivity index (χ2v) is 4.47. The summed E-state index contributed by atoms with van der Waals surface area (Å²) in [5, 5.41) is 9.56. The van der Waals surface area contributed by atoms with E-state index in [-0.39, 0.29) is 13.2 Å². The Morgan fingerprint density at radius 1 is 1.26 bits per heavy atom. The topological polar surface area (TPSA) is 32.7 Å². The predicted octanol–water partition coefficient (Wildman–Crippen LogP) is 2.06. The van der Waals surface area contributed by atoms with Crippen LogP contribution in [0.4, 0.5) is 13.2 Å². The second-order valence-electron chi connectivity index (χ2n) is 4.47. The van der Waals surface area contributed by atoms with E-state index in [0.717, 1.165) is 10.5 Å². The van der Waals surface area contributed by atoms with Crippen molar-refractivity contribution in [2.75, 3.05) is 26.7 Å². The molecule has 0 heterocycles. The number of ether oxygens (including phenoxy) is 1. The van der Waals surface area contributed by atoms with Gasteiger partial charge in [-0.25, -0.2) is 0 Å². The maximum absolute atomic E-state index is 12.1. The van der Waals surface area contributed by atoms with E-state index in [1.54, 1.807) is 0 Å². The van der Waals surface area contributed by atoms with Gasteiger partial charge in [-0.05, 0) is 12.6 Å². The number of halogens is 3. The van der Waals surface area contributed by atoms with Crippen LogP contribution in [0, 0.1) is 0 Å². The highest BCUT2D eigenvalue weighted by molar-refractivity contribution is 5.13. The molecule has 0 aromatic heterocycles. The Hall–Kier alpha value is -1.11. The van der Waals surface area contributed by atoms with Gasteiger partial charge in [0.1, 0.15) is 0 Å². The lowest BCUT2D eigenvalue weighted by molar-refractivity contribution is -0.146. The molecule has 0 unspecified atom stereocenters. The molecule has 0 aliphatic heterocycles. The third-order valence-electron chi connectivity index (χ3n) is 2.39. The number of aliphatic hydroxyl groups excluding tert-OH is 1. The molecule has 0 aliphatic carbocycles. The van der Waals surface area contributed by atoms with Crippen molar-refractivity contribution >= 4 is 0 Å². The van der Waals surface area contributed by atoms with Crippen LogP contribution in [0.5, 0.6) is 0 Å². The van der Waals surface area contributed by atoms with Gasteiger partial charge >= 0.3 is 6.18 Å². The molecule has 0 radical (unpaired) electrons. The van der Waals surface area contributed by atoms with Crippen LogP contribution < -0.4 is 0 Å². The highest BCUT2D eigenvalue weighted by Crippen LogP contribution is 2.15. The first-order valence-corrected chi connectivity index (χ1v) is 5.92. The molecule has 0 aliphatic rings. The number of likely N-dealkylation sites (N-methyl/N-ethyl adjacent to an activating group) is 1. The lowest BCUT2D eigenvalue weighted by atomic mass is 10.2. The van der Waals surface area contributed by atoms with Crippen LogP contribution in [-0.2, 0) is 11.3 Å². The Balaban J connectivity index is 2.19. The Bertz CT molecular complexity index is 357. The van der Waals surface area contributed by atoms with Gasteiger partial charge in [0.25, 0.3) is 0 Å². The van der Waals surface area contributed by atoms with Crippen LogP contribution in [0.3, 0.4) is 0 Å². The average molecular weight is 277 g/mol. The molecule has 3 nitrogen and oxygen atoms in total. The first-order chi connectivity index (χ1) is 8.87. The highest BCUT2D eigenvalue weighted by Gasteiger charge is 2.29. The zero-order valence-electron chi connectivity index (χ0n) is 10.7. The van der Waals surface area contributed by atoms with Crippen LogP contribution in [-0.4, -0.2) is 49.0 Å². The molecule has 6 heteroatoms. The van der Waals surface area contributed by atoms with Crippen LogP contribution in [0.1, 0.15) is 5.56 Å². The number of rotatable bonds is 7. The van der Waals surface area contributed by atoms with Crippen molar-refractivity contribution in [3.05, 3.63) is 35.9 Å².